The van der Waals surface area contributed by atoms with Crippen molar-refractivity contribution in [3.63, 3.8) is 0 Å². The van der Waals surface area contributed by atoms with Crippen LogP contribution in [0.1, 0.15) is 17.0 Å². The molecule has 4 aromatic rings. The van der Waals surface area contributed by atoms with Crippen LogP contribution in [0.25, 0.3) is 22.2 Å². The van der Waals surface area contributed by atoms with Crippen molar-refractivity contribution in [2.75, 3.05) is 6.54 Å². The molecule has 4 nitrogen and oxygen atoms in total. The monoisotopic (exact) mass is 444 g/mol. The second kappa shape index (κ2) is 8.07. The Morgan fingerprint density at radius 2 is 1.62 bits per heavy atom. The Morgan fingerprint density at radius 1 is 0.931 bits per heavy atom. The molecule has 0 aliphatic carbocycles. The predicted octanol–water partition coefficient (Wildman–Crippen LogP) is 7.20. The summed E-state index contributed by atoms with van der Waals surface area (Å²) in [6, 6.07) is 20.2. The fourth-order valence-corrected chi connectivity index (χ4v) is 4.31. The van der Waals surface area contributed by atoms with Gasteiger partial charge in [-0.05, 0) is 47.0 Å². The van der Waals surface area contributed by atoms with Gasteiger partial charge in [0.2, 0.25) is 6.54 Å². The third-order valence-electron chi connectivity index (χ3n) is 4.90. The number of aromatic nitrogens is 1. The topological polar surface area (TPSA) is 58.9 Å². The molecule has 146 valence electrons. The van der Waals surface area contributed by atoms with E-state index in [0.29, 0.717) is 20.6 Å². The van der Waals surface area contributed by atoms with Crippen molar-refractivity contribution in [3.05, 3.63) is 103 Å². The minimum Gasteiger partial charge on any atom is -0.354 e. The Balaban J connectivity index is 2.00. The van der Waals surface area contributed by atoms with E-state index in [4.69, 9.17) is 34.8 Å². The first kappa shape index (κ1) is 19.8. The Morgan fingerprint density at radius 3 is 2.31 bits per heavy atom. The van der Waals surface area contributed by atoms with Crippen LogP contribution in [0.5, 0.6) is 0 Å². The number of hydrogen-bond donors (Lipinski definition) is 1. The van der Waals surface area contributed by atoms with E-state index in [1.54, 1.807) is 30.3 Å². The Hall–Kier alpha value is -2.53. The van der Waals surface area contributed by atoms with Crippen LogP contribution < -0.4 is 0 Å². The minimum atomic E-state index is -0.559. The van der Waals surface area contributed by atoms with Gasteiger partial charge >= 0.3 is 0 Å². The van der Waals surface area contributed by atoms with Crippen LogP contribution in [0.3, 0.4) is 0 Å². The fraction of sp³-hybridized carbons (Fsp3) is 0.0909. The van der Waals surface area contributed by atoms with Crippen LogP contribution in [0.15, 0.2) is 66.7 Å². The van der Waals surface area contributed by atoms with Gasteiger partial charge in [-0.15, -0.1) is 0 Å². The number of fused-ring (bicyclic) bond motifs is 1. The molecule has 0 bridgehead atoms. The second-order valence-electron chi connectivity index (χ2n) is 6.70. The predicted molar refractivity (Wildman–Crippen MR) is 119 cm³/mol. The van der Waals surface area contributed by atoms with Crippen molar-refractivity contribution < 1.29 is 4.92 Å². The highest BCUT2D eigenvalue weighted by Crippen LogP contribution is 2.41. The molecule has 0 fully saturated rings. The molecule has 29 heavy (non-hydrogen) atoms. The molecule has 1 heterocycles. The molecule has 1 unspecified atom stereocenters. The molecule has 3 aromatic carbocycles. The maximum Gasteiger partial charge on any atom is 0.214 e. The van der Waals surface area contributed by atoms with Crippen molar-refractivity contribution in [1.29, 1.82) is 0 Å². The van der Waals surface area contributed by atoms with Crippen LogP contribution in [0, 0.1) is 10.1 Å². The summed E-state index contributed by atoms with van der Waals surface area (Å²) < 4.78 is 0. The lowest BCUT2D eigenvalue weighted by Gasteiger charge is -2.17. The highest BCUT2D eigenvalue weighted by molar-refractivity contribution is 6.35. The van der Waals surface area contributed by atoms with Gasteiger partial charge in [0, 0.05) is 30.9 Å². The molecule has 0 amide bonds. The van der Waals surface area contributed by atoms with Gasteiger partial charge in [0.25, 0.3) is 0 Å². The van der Waals surface area contributed by atoms with Gasteiger partial charge < -0.3 is 4.98 Å². The van der Waals surface area contributed by atoms with E-state index in [-0.39, 0.29) is 11.5 Å². The standard InChI is InChI=1S/C22H15Cl3N2O2/c23-14-7-5-13(6-8-14)22-21(17-3-1-2-4-20(17)26-22)18(12-27(28)29)16-10-9-15(24)11-19(16)25/h1-11,18,26H,12H2. The smallest absolute Gasteiger partial charge is 0.214 e. The van der Waals surface area contributed by atoms with Crippen LogP contribution in [0.4, 0.5) is 0 Å². The zero-order valence-corrected chi connectivity index (χ0v) is 17.3. The summed E-state index contributed by atoms with van der Waals surface area (Å²) in [6.07, 6.45) is 0. The van der Waals surface area contributed by atoms with E-state index in [1.807, 2.05) is 36.4 Å². The Kier molecular flexibility index (Phi) is 5.50. The normalized spacial score (nSPS) is 12.2. The van der Waals surface area contributed by atoms with Crippen molar-refractivity contribution >= 4 is 45.7 Å². The van der Waals surface area contributed by atoms with Gasteiger partial charge in [-0.2, -0.15) is 0 Å². The van der Waals surface area contributed by atoms with Crippen LogP contribution in [0.2, 0.25) is 15.1 Å². The first-order chi connectivity index (χ1) is 13.9. The average Bonchev–Trinajstić information content (AvgIpc) is 3.06. The van der Waals surface area contributed by atoms with E-state index >= 15 is 0 Å². The molecule has 7 heteroatoms. The van der Waals surface area contributed by atoms with Crippen LogP contribution in [-0.4, -0.2) is 16.5 Å². The lowest BCUT2D eigenvalue weighted by molar-refractivity contribution is -0.481. The minimum absolute atomic E-state index is 0.302. The molecule has 0 aliphatic rings. The lowest BCUT2D eigenvalue weighted by Crippen LogP contribution is -2.15. The zero-order chi connectivity index (χ0) is 20.5. The van der Waals surface area contributed by atoms with E-state index in [1.165, 1.54) is 0 Å². The van der Waals surface area contributed by atoms with Crippen molar-refractivity contribution in [2.45, 2.75) is 5.92 Å². The maximum atomic E-state index is 11.6. The number of benzene rings is 3. The summed E-state index contributed by atoms with van der Waals surface area (Å²) in [5.41, 5.74) is 4.07. The van der Waals surface area contributed by atoms with Gasteiger partial charge in [0.1, 0.15) is 0 Å². The number of para-hydroxylation sites is 1. The molecule has 0 aliphatic heterocycles. The van der Waals surface area contributed by atoms with E-state index < -0.39 is 5.92 Å². The number of H-pyrrole nitrogens is 1. The molecule has 0 saturated heterocycles. The summed E-state index contributed by atoms with van der Waals surface area (Å²) in [5.74, 6) is -0.559. The Labute approximate surface area is 182 Å². The summed E-state index contributed by atoms with van der Waals surface area (Å²) in [5, 5.41) is 14.0. The van der Waals surface area contributed by atoms with Gasteiger partial charge in [-0.25, -0.2) is 0 Å². The quantitative estimate of drug-likeness (QED) is 0.261. The summed E-state index contributed by atoms with van der Waals surface area (Å²) in [7, 11) is 0. The molecule has 1 aromatic heterocycles. The van der Waals surface area contributed by atoms with E-state index in [2.05, 4.69) is 4.98 Å². The van der Waals surface area contributed by atoms with Crippen LogP contribution >= 0.6 is 34.8 Å². The summed E-state index contributed by atoms with van der Waals surface area (Å²) in [6.45, 7) is -0.302. The summed E-state index contributed by atoms with van der Waals surface area (Å²) >= 11 is 18.6. The molecule has 1 atom stereocenters. The number of nitro groups is 1. The molecular formula is C22H15Cl3N2O2. The molecule has 4 rings (SSSR count). The molecule has 0 radical (unpaired) electrons. The van der Waals surface area contributed by atoms with Gasteiger partial charge in [-0.1, -0.05) is 71.2 Å². The molecule has 1 N–H and O–H groups in total. The first-order valence-electron chi connectivity index (χ1n) is 8.87. The Bertz CT molecular complexity index is 1200. The highest BCUT2D eigenvalue weighted by Gasteiger charge is 2.29. The van der Waals surface area contributed by atoms with Gasteiger partial charge in [0.05, 0.1) is 11.6 Å². The second-order valence-corrected chi connectivity index (χ2v) is 7.98. The highest BCUT2D eigenvalue weighted by atomic mass is 35.5. The SMILES string of the molecule is O=[N+]([O-])CC(c1ccc(Cl)cc1Cl)c1c(-c2ccc(Cl)cc2)[nH]c2ccccc12. The molecule has 0 saturated carbocycles. The zero-order valence-electron chi connectivity index (χ0n) is 15.0. The van der Waals surface area contributed by atoms with Gasteiger partial charge in [0.15, 0.2) is 0 Å². The molecule has 0 spiro atoms. The third kappa shape index (κ3) is 3.97. The summed E-state index contributed by atoms with van der Waals surface area (Å²) in [4.78, 5) is 14.7. The first-order valence-corrected chi connectivity index (χ1v) is 10.0. The maximum absolute atomic E-state index is 11.6. The van der Waals surface area contributed by atoms with E-state index in [0.717, 1.165) is 27.7 Å². The number of nitrogens with zero attached hydrogens (tertiary/aromatic N) is 1. The number of halogens is 3. The van der Waals surface area contributed by atoms with Crippen molar-refractivity contribution in [1.82, 2.24) is 4.98 Å². The van der Waals surface area contributed by atoms with E-state index in [9.17, 15) is 10.1 Å². The number of aromatic amines is 1. The van der Waals surface area contributed by atoms with Crippen molar-refractivity contribution in [2.24, 2.45) is 0 Å². The van der Waals surface area contributed by atoms with Gasteiger partial charge in [-0.3, -0.25) is 10.1 Å². The fourth-order valence-electron chi connectivity index (χ4n) is 3.65. The third-order valence-corrected chi connectivity index (χ3v) is 5.71. The number of nitrogens with one attached hydrogen (secondary N) is 1. The lowest BCUT2D eigenvalue weighted by atomic mass is 9.87. The number of hydrogen-bond acceptors (Lipinski definition) is 2. The molecular weight excluding hydrogens is 431 g/mol. The average molecular weight is 446 g/mol. The van der Waals surface area contributed by atoms with Crippen LogP contribution in [-0.2, 0) is 0 Å². The largest absolute Gasteiger partial charge is 0.354 e. The number of rotatable bonds is 5. The van der Waals surface area contributed by atoms with Crippen molar-refractivity contribution in [3.8, 4) is 11.3 Å².